The lowest BCUT2D eigenvalue weighted by atomic mass is 9.73. The molecule has 0 aliphatic heterocycles. The van der Waals surface area contributed by atoms with Crippen molar-refractivity contribution in [3.8, 4) is 5.75 Å². The fraction of sp³-hybridized carbons (Fsp3) is 0.667. The van der Waals surface area contributed by atoms with Gasteiger partial charge in [-0.25, -0.2) is 0 Å². The van der Waals surface area contributed by atoms with Gasteiger partial charge in [0.15, 0.2) is 0 Å². The highest BCUT2D eigenvalue weighted by molar-refractivity contribution is 5.43. The van der Waals surface area contributed by atoms with Crippen LogP contribution in [-0.2, 0) is 12.8 Å². The number of aliphatic hydroxyl groups excluding tert-OH is 3. The average Bonchev–Trinajstić information content (AvgIpc) is 2.84. The molecule has 1 aromatic carbocycles. The van der Waals surface area contributed by atoms with Gasteiger partial charge in [-0.05, 0) is 67.1 Å². The molecule has 3 rings (SSSR count). The van der Waals surface area contributed by atoms with Crippen LogP contribution in [0.5, 0.6) is 5.75 Å². The molecular weight excluding hydrogens is 280 g/mol. The molecule has 122 valence electrons. The molecule has 4 heteroatoms. The Bertz CT molecular complexity index is 516. The van der Waals surface area contributed by atoms with E-state index in [2.05, 4.69) is 6.07 Å². The molecule has 4 unspecified atom stereocenters. The Labute approximate surface area is 131 Å². The van der Waals surface area contributed by atoms with E-state index in [1.807, 2.05) is 12.1 Å². The SMILES string of the molecule is COc1cccc2c1CC1C[C@@H](O)C(CCC(O)CO)C1C2. The van der Waals surface area contributed by atoms with E-state index in [1.165, 1.54) is 11.1 Å². The summed E-state index contributed by atoms with van der Waals surface area (Å²) in [5.41, 5.74) is 2.64. The van der Waals surface area contributed by atoms with Crippen LogP contribution in [-0.4, -0.2) is 41.2 Å². The average molecular weight is 306 g/mol. The smallest absolute Gasteiger partial charge is 0.122 e. The summed E-state index contributed by atoms with van der Waals surface area (Å²) < 4.78 is 5.48. The lowest BCUT2D eigenvalue weighted by molar-refractivity contribution is 0.0618. The minimum Gasteiger partial charge on any atom is -0.496 e. The van der Waals surface area contributed by atoms with E-state index in [0.29, 0.717) is 18.3 Å². The summed E-state index contributed by atoms with van der Waals surface area (Å²) in [5, 5.41) is 29.0. The molecule has 0 bridgehead atoms. The number of rotatable bonds is 5. The molecule has 0 aromatic heterocycles. The van der Waals surface area contributed by atoms with Crippen LogP contribution >= 0.6 is 0 Å². The van der Waals surface area contributed by atoms with Crippen molar-refractivity contribution in [3.63, 3.8) is 0 Å². The standard InChI is InChI=1S/C18H26O4/c1-22-18-4-2-3-11-7-15-12(8-16(11)18)9-17(21)14(15)6-5-13(20)10-19/h2-4,12-15,17,19-21H,5-10H2,1H3/t12?,13?,14?,15?,17-/m1/s1. The maximum absolute atomic E-state index is 10.4. The molecule has 3 N–H and O–H groups in total. The first kappa shape index (κ1) is 15.8. The molecule has 5 atom stereocenters. The van der Waals surface area contributed by atoms with Crippen LogP contribution < -0.4 is 4.74 Å². The number of hydrogen-bond donors (Lipinski definition) is 3. The number of methoxy groups -OCH3 is 1. The highest BCUT2D eigenvalue weighted by Crippen LogP contribution is 2.48. The van der Waals surface area contributed by atoms with Gasteiger partial charge in [0.1, 0.15) is 5.75 Å². The predicted molar refractivity (Wildman–Crippen MR) is 83.8 cm³/mol. The van der Waals surface area contributed by atoms with Crippen molar-refractivity contribution in [1.82, 2.24) is 0 Å². The first-order valence-corrected chi connectivity index (χ1v) is 8.25. The van der Waals surface area contributed by atoms with E-state index in [4.69, 9.17) is 9.84 Å². The molecule has 4 nitrogen and oxygen atoms in total. The summed E-state index contributed by atoms with van der Waals surface area (Å²) in [6.45, 7) is -0.197. The minimum absolute atomic E-state index is 0.197. The molecule has 0 radical (unpaired) electrons. The number of ether oxygens (including phenoxy) is 1. The Morgan fingerprint density at radius 2 is 2.14 bits per heavy atom. The second-order valence-electron chi connectivity index (χ2n) is 6.81. The van der Waals surface area contributed by atoms with Gasteiger partial charge in [0.05, 0.1) is 25.9 Å². The summed E-state index contributed by atoms with van der Waals surface area (Å²) in [7, 11) is 1.71. The molecule has 0 heterocycles. The molecule has 1 fully saturated rings. The Morgan fingerprint density at radius 3 is 2.86 bits per heavy atom. The van der Waals surface area contributed by atoms with Gasteiger partial charge in [-0.15, -0.1) is 0 Å². The van der Waals surface area contributed by atoms with Crippen LogP contribution in [0.1, 0.15) is 30.4 Å². The lowest BCUT2D eigenvalue weighted by Gasteiger charge is -2.32. The molecule has 1 saturated carbocycles. The van der Waals surface area contributed by atoms with Gasteiger partial charge in [0.25, 0.3) is 0 Å². The molecule has 2 aliphatic carbocycles. The minimum atomic E-state index is -0.665. The van der Waals surface area contributed by atoms with Gasteiger partial charge >= 0.3 is 0 Å². The van der Waals surface area contributed by atoms with Crippen LogP contribution in [0.15, 0.2) is 18.2 Å². The summed E-state index contributed by atoms with van der Waals surface area (Å²) in [4.78, 5) is 0. The van der Waals surface area contributed by atoms with Crippen molar-refractivity contribution < 1.29 is 20.1 Å². The topological polar surface area (TPSA) is 69.9 Å². The monoisotopic (exact) mass is 306 g/mol. The predicted octanol–water partition coefficient (Wildman–Crippen LogP) is 1.54. The second kappa shape index (κ2) is 6.57. The zero-order valence-corrected chi connectivity index (χ0v) is 13.1. The summed E-state index contributed by atoms with van der Waals surface area (Å²) >= 11 is 0. The van der Waals surface area contributed by atoms with Gasteiger partial charge in [-0.3, -0.25) is 0 Å². The Morgan fingerprint density at radius 1 is 1.32 bits per heavy atom. The van der Waals surface area contributed by atoms with E-state index in [-0.39, 0.29) is 18.6 Å². The van der Waals surface area contributed by atoms with Crippen molar-refractivity contribution in [1.29, 1.82) is 0 Å². The van der Waals surface area contributed by atoms with Crippen molar-refractivity contribution in [2.45, 2.75) is 44.3 Å². The highest BCUT2D eigenvalue weighted by Gasteiger charge is 2.44. The lowest BCUT2D eigenvalue weighted by Crippen LogP contribution is -2.28. The third-order valence-corrected chi connectivity index (χ3v) is 5.61. The summed E-state index contributed by atoms with van der Waals surface area (Å²) in [6, 6.07) is 6.21. The third-order valence-electron chi connectivity index (χ3n) is 5.61. The molecule has 2 aliphatic rings. The number of fused-ring (bicyclic) bond motifs is 2. The first-order chi connectivity index (χ1) is 10.6. The van der Waals surface area contributed by atoms with Crippen LogP contribution in [0, 0.1) is 17.8 Å². The highest BCUT2D eigenvalue weighted by atomic mass is 16.5. The zero-order valence-electron chi connectivity index (χ0n) is 13.1. The fourth-order valence-corrected chi connectivity index (χ4v) is 4.47. The maximum Gasteiger partial charge on any atom is 0.122 e. The maximum atomic E-state index is 10.4. The number of hydrogen-bond acceptors (Lipinski definition) is 4. The van der Waals surface area contributed by atoms with Crippen molar-refractivity contribution in [3.05, 3.63) is 29.3 Å². The first-order valence-electron chi connectivity index (χ1n) is 8.25. The van der Waals surface area contributed by atoms with Gasteiger partial charge in [-0.2, -0.15) is 0 Å². The van der Waals surface area contributed by atoms with Crippen LogP contribution in [0.3, 0.4) is 0 Å². The molecule has 0 spiro atoms. The van der Waals surface area contributed by atoms with Gasteiger partial charge in [0, 0.05) is 0 Å². The van der Waals surface area contributed by atoms with Crippen LogP contribution in [0.4, 0.5) is 0 Å². The summed E-state index contributed by atoms with van der Waals surface area (Å²) in [6.07, 6.45) is 3.18. The van der Waals surface area contributed by atoms with Crippen LogP contribution in [0.2, 0.25) is 0 Å². The van der Waals surface area contributed by atoms with E-state index in [0.717, 1.165) is 31.4 Å². The Hall–Kier alpha value is -1.10. The third kappa shape index (κ3) is 2.87. The second-order valence-corrected chi connectivity index (χ2v) is 6.81. The largest absolute Gasteiger partial charge is 0.496 e. The van der Waals surface area contributed by atoms with Gasteiger partial charge in [-0.1, -0.05) is 12.1 Å². The summed E-state index contributed by atoms with van der Waals surface area (Å²) in [5.74, 6) is 2.16. The Kier molecular flexibility index (Phi) is 4.71. The normalized spacial score (nSPS) is 31.5. The van der Waals surface area contributed by atoms with Crippen molar-refractivity contribution in [2.24, 2.45) is 17.8 Å². The van der Waals surface area contributed by atoms with Gasteiger partial charge < -0.3 is 20.1 Å². The zero-order chi connectivity index (χ0) is 15.7. The molecular formula is C18H26O4. The van der Waals surface area contributed by atoms with E-state index in [1.54, 1.807) is 7.11 Å². The van der Waals surface area contributed by atoms with Crippen molar-refractivity contribution in [2.75, 3.05) is 13.7 Å². The van der Waals surface area contributed by atoms with Crippen molar-refractivity contribution >= 4 is 0 Å². The van der Waals surface area contributed by atoms with E-state index in [9.17, 15) is 10.2 Å². The molecule has 0 amide bonds. The number of aliphatic hydroxyl groups is 3. The van der Waals surface area contributed by atoms with Crippen LogP contribution in [0.25, 0.3) is 0 Å². The van der Waals surface area contributed by atoms with E-state index < -0.39 is 6.10 Å². The fourth-order valence-electron chi connectivity index (χ4n) is 4.47. The molecule has 22 heavy (non-hydrogen) atoms. The molecule has 1 aromatic rings. The number of benzene rings is 1. The van der Waals surface area contributed by atoms with E-state index >= 15 is 0 Å². The quantitative estimate of drug-likeness (QED) is 0.772. The molecule has 0 saturated heterocycles. The van der Waals surface area contributed by atoms with Gasteiger partial charge in [0.2, 0.25) is 0 Å². The Balaban J connectivity index is 1.76.